The first-order valence-corrected chi connectivity index (χ1v) is 12.9. The number of carbonyl (C=O) groups excluding carboxylic acids is 2. The number of amides is 2. The van der Waals surface area contributed by atoms with Gasteiger partial charge in [0.25, 0.3) is 5.91 Å². The van der Waals surface area contributed by atoms with Crippen LogP contribution in [0.15, 0.2) is 54.6 Å². The molecule has 0 aliphatic carbocycles. The van der Waals surface area contributed by atoms with E-state index in [1.165, 1.54) is 19.1 Å². The lowest BCUT2D eigenvalue weighted by atomic mass is 9.81. The number of benzene rings is 2. The van der Waals surface area contributed by atoms with Crippen molar-refractivity contribution in [2.24, 2.45) is 5.73 Å². The Labute approximate surface area is 229 Å². The lowest BCUT2D eigenvalue weighted by Gasteiger charge is -2.31. The predicted octanol–water partition coefficient (Wildman–Crippen LogP) is 4.73. The number of hydrogen-bond acceptors (Lipinski definition) is 6. The number of aromatic nitrogens is 1. The number of ether oxygens (including phenoxy) is 1. The van der Waals surface area contributed by atoms with Gasteiger partial charge in [-0.15, -0.1) is 11.3 Å². The van der Waals surface area contributed by atoms with E-state index in [-0.39, 0.29) is 34.1 Å². The Morgan fingerprint density at radius 2 is 1.85 bits per heavy atom. The van der Waals surface area contributed by atoms with E-state index >= 15 is 0 Å². The van der Waals surface area contributed by atoms with Crippen molar-refractivity contribution in [2.45, 2.75) is 31.0 Å². The van der Waals surface area contributed by atoms with E-state index in [1.807, 2.05) is 0 Å². The van der Waals surface area contributed by atoms with Gasteiger partial charge < -0.3 is 20.9 Å². The molecule has 1 aliphatic heterocycles. The third-order valence-electron chi connectivity index (χ3n) is 7.18. The second-order valence-corrected chi connectivity index (χ2v) is 10.9. The summed E-state index contributed by atoms with van der Waals surface area (Å²) in [5.74, 6) is -2.26. The first kappa shape index (κ1) is 27.5. The Morgan fingerprint density at radius 3 is 2.48 bits per heavy atom. The molecule has 40 heavy (non-hydrogen) atoms. The van der Waals surface area contributed by atoms with Crippen LogP contribution in [0.5, 0.6) is 5.75 Å². The van der Waals surface area contributed by atoms with Gasteiger partial charge in [0.15, 0.2) is 0 Å². The Morgan fingerprint density at radius 1 is 1.18 bits per heavy atom. The molecule has 208 valence electrons. The summed E-state index contributed by atoms with van der Waals surface area (Å²) in [6.07, 6.45) is -5.31. The Hall–Kier alpha value is -4.03. The highest BCUT2D eigenvalue weighted by Gasteiger charge is 2.57. The number of pyridine rings is 1. The standard InChI is InChI=1S/C28H23F4N3O4S/c1-14-17-5-3-4-6-19(17)40-23(14)24(36)34-12-27(38,28(30,31)32)20-11-18-22(39-13-26(18,2)25(33)37)21(35-20)15-7-9-16(29)10-8-15/h3-11,38H,12-13H2,1-2H3,(H2,33,37)(H,34,36)/t26-,27?/m0/s1. The molecule has 0 saturated heterocycles. The molecule has 1 unspecified atom stereocenters. The van der Waals surface area contributed by atoms with Crippen molar-refractivity contribution in [1.29, 1.82) is 0 Å². The van der Waals surface area contributed by atoms with Crippen LogP contribution in [-0.2, 0) is 15.8 Å². The molecule has 4 N–H and O–H groups in total. The van der Waals surface area contributed by atoms with Crippen molar-refractivity contribution >= 4 is 33.2 Å². The molecule has 0 spiro atoms. The summed E-state index contributed by atoms with van der Waals surface area (Å²) in [6.45, 7) is 1.54. The van der Waals surface area contributed by atoms with Crippen molar-refractivity contribution in [3.63, 3.8) is 0 Å². The maximum Gasteiger partial charge on any atom is 0.424 e. The van der Waals surface area contributed by atoms with Gasteiger partial charge in [-0.3, -0.25) is 9.59 Å². The summed E-state index contributed by atoms with van der Waals surface area (Å²) >= 11 is 1.12. The first-order valence-electron chi connectivity index (χ1n) is 12.1. The highest BCUT2D eigenvalue weighted by atomic mass is 32.1. The number of nitrogens with one attached hydrogen (secondary N) is 1. The minimum atomic E-state index is -5.31. The fraction of sp³-hybridized carbons (Fsp3) is 0.250. The molecule has 0 bridgehead atoms. The maximum atomic E-state index is 14.6. The van der Waals surface area contributed by atoms with E-state index in [1.54, 1.807) is 31.2 Å². The fourth-order valence-corrected chi connectivity index (χ4v) is 5.74. The van der Waals surface area contributed by atoms with Crippen LogP contribution in [-0.4, -0.2) is 41.2 Å². The summed E-state index contributed by atoms with van der Waals surface area (Å²) in [5, 5.41) is 14.2. The molecule has 1 aliphatic rings. The highest BCUT2D eigenvalue weighted by molar-refractivity contribution is 7.21. The molecule has 4 aromatic rings. The molecular weight excluding hydrogens is 550 g/mol. The number of carbonyl (C=O) groups is 2. The number of hydrogen-bond donors (Lipinski definition) is 3. The number of aliphatic hydroxyl groups is 1. The molecule has 7 nitrogen and oxygen atoms in total. The van der Waals surface area contributed by atoms with Gasteiger partial charge in [-0.1, -0.05) is 18.2 Å². The molecule has 0 saturated carbocycles. The number of aryl methyl sites for hydroxylation is 1. The summed E-state index contributed by atoms with van der Waals surface area (Å²) in [5.41, 5.74) is 0.107. The lowest BCUT2D eigenvalue weighted by molar-refractivity contribution is -0.265. The molecule has 2 amide bonds. The van der Waals surface area contributed by atoms with Crippen LogP contribution < -0.4 is 15.8 Å². The molecule has 3 heterocycles. The smallest absolute Gasteiger partial charge is 0.424 e. The monoisotopic (exact) mass is 573 g/mol. The second kappa shape index (κ2) is 9.56. The van der Waals surface area contributed by atoms with Crippen LogP contribution in [0.2, 0.25) is 0 Å². The fourth-order valence-electron chi connectivity index (χ4n) is 4.62. The van der Waals surface area contributed by atoms with Gasteiger partial charge in [-0.25, -0.2) is 9.37 Å². The van der Waals surface area contributed by atoms with Crippen LogP contribution in [0.1, 0.15) is 33.4 Å². The maximum absolute atomic E-state index is 14.6. The number of nitrogens with zero attached hydrogens (tertiary/aromatic N) is 1. The number of primary amides is 1. The van der Waals surface area contributed by atoms with Gasteiger partial charge >= 0.3 is 6.18 Å². The van der Waals surface area contributed by atoms with Crippen LogP contribution in [0.4, 0.5) is 17.6 Å². The van der Waals surface area contributed by atoms with E-state index < -0.39 is 47.1 Å². The minimum Gasteiger partial charge on any atom is -0.489 e. The Kier molecular flexibility index (Phi) is 6.58. The average molecular weight is 574 g/mol. The Balaban J connectivity index is 1.60. The van der Waals surface area contributed by atoms with Gasteiger partial charge in [0, 0.05) is 15.8 Å². The number of nitrogens with two attached hydrogens (primary N) is 1. The zero-order chi connectivity index (χ0) is 29.0. The number of thiophene rings is 1. The van der Waals surface area contributed by atoms with Gasteiger partial charge in [0.2, 0.25) is 11.5 Å². The van der Waals surface area contributed by atoms with Crippen LogP contribution in [0.3, 0.4) is 0 Å². The van der Waals surface area contributed by atoms with Gasteiger partial charge in [0.1, 0.15) is 29.3 Å². The molecule has 0 fully saturated rings. The second-order valence-electron chi connectivity index (χ2n) is 9.82. The van der Waals surface area contributed by atoms with E-state index in [0.29, 0.717) is 5.56 Å². The minimum absolute atomic E-state index is 0.00822. The van der Waals surface area contributed by atoms with Gasteiger partial charge in [-0.2, -0.15) is 13.2 Å². The van der Waals surface area contributed by atoms with E-state index in [9.17, 15) is 32.3 Å². The number of rotatable bonds is 6. The third kappa shape index (κ3) is 4.37. The average Bonchev–Trinajstić information content (AvgIpc) is 3.44. The third-order valence-corrected chi connectivity index (χ3v) is 8.45. The summed E-state index contributed by atoms with van der Waals surface area (Å²) in [7, 11) is 0. The normalized spacial score (nSPS) is 18.2. The molecule has 2 aromatic heterocycles. The molecule has 5 rings (SSSR count). The summed E-state index contributed by atoms with van der Waals surface area (Å²) in [4.78, 5) is 29.7. The van der Waals surface area contributed by atoms with E-state index in [0.717, 1.165) is 39.6 Å². The first-order chi connectivity index (χ1) is 18.8. The Bertz CT molecular complexity index is 1650. The van der Waals surface area contributed by atoms with Crippen LogP contribution in [0, 0.1) is 12.7 Å². The molecule has 2 atom stereocenters. The van der Waals surface area contributed by atoms with Crippen molar-refractivity contribution in [1.82, 2.24) is 10.3 Å². The quantitative estimate of drug-likeness (QED) is 0.289. The highest BCUT2D eigenvalue weighted by Crippen LogP contribution is 2.47. The van der Waals surface area contributed by atoms with E-state index in [4.69, 9.17) is 10.5 Å². The summed E-state index contributed by atoms with van der Waals surface area (Å²) in [6, 6.07) is 12.8. The summed E-state index contributed by atoms with van der Waals surface area (Å²) < 4.78 is 63.7. The van der Waals surface area contributed by atoms with Crippen molar-refractivity contribution in [3.05, 3.63) is 82.1 Å². The van der Waals surface area contributed by atoms with Crippen LogP contribution in [0.25, 0.3) is 21.3 Å². The predicted molar refractivity (Wildman–Crippen MR) is 141 cm³/mol. The van der Waals surface area contributed by atoms with Crippen LogP contribution >= 0.6 is 11.3 Å². The van der Waals surface area contributed by atoms with Gasteiger partial charge in [-0.05, 0) is 61.2 Å². The zero-order valence-corrected chi connectivity index (χ0v) is 22.0. The van der Waals surface area contributed by atoms with Gasteiger partial charge in [0.05, 0.1) is 17.1 Å². The topological polar surface area (TPSA) is 115 Å². The number of fused-ring (bicyclic) bond motifs is 2. The SMILES string of the molecule is Cc1c(C(=O)NCC(O)(c2cc3c(c(-c4ccc(F)cc4)n2)OC[C@]3(C)C(N)=O)C(F)(F)F)sc2ccccc12. The van der Waals surface area contributed by atoms with Crippen molar-refractivity contribution < 1.29 is 37.0 Å². The molecule has 2 aromatic carbocycles. The largest absolute Gasteiger partial charge is 0.489 e. The molecule has 0 radical (unpaired) electrons. The lowest BCUT2D eigenvalue weighted by Crippen LogP contribution is -2.51. The number of halogens is 4. The van der Waals surface area contributed by atoms with E-state index in [2.05, 4.69) is 10.3 Å². The molecular formula is C28H23F4N3O4S. The van der Waals surface area contributed by atoms with Crippen molar-refractivity contribution in [3.8, 4) is 17.0 Å². The number of alkyl halides is 3. The zero-order valence-electron chi connectivity index (χ0n) is 21.2. The van der Waals surface area contributed by atoms with Crippen molar-refractivity contribution in [2.75, 3.05) is 13.2 Å². The molecule has 12 heteroatoms.